The minimum atomic E-state index is -0.880. The number of benzene rings is 1. The van der Waals surface area contributed by atoms with Gasteiger partial charge in [-0.05, 0) is 11.5 Å². The Hall–Kier alpha value is -2.14. The summed E-state index contributed by atoms with van der Waals surface area (Å²) in [5.74, 6) is -0.164. The summed E-state index contributed by atoms with van der Waals surface area (Å²) in [5.41, 5.74) is 0. The Bertz CT molecular complexity index is 609. The minimum Gasteiger partial charge on any atom is -0.480 e. The molecular weight excluding hydrogens is 244 g/mol. The zero-order chi connectivity index (χ0) is 13.2. The van der Waals surface area contributed by atoms with Gasteiger partial charge in [-0.25, -0.2) is 9.78 Å². The maximum atomic E-state index is 11.3. The molecule has 0 bridgehead atoms. The highest BCUT2D eigenvalue weighted by atomic mass is 16.5. The van der Waals surface area contributed by atoms with E-state index in [0.717, 1.165) is 10.8 Å². The maximum Gasteiger partial charge on any atom is 0.328 e. The molecule has 0 spiro atoms. The second-order valence-electron chi connectivity index (χ2n) is 4.48. The third-order valence-corrected chi connectivity index (χ3v) is 3.34. The Morgan fingerprint density at radius 3 is 3.05 bits per heavy atom. The van der Waals surface area contributed by atoms with E-state index in [-0.39, 0.29) is 6.61 Å². The number of carboxylic acid groups (broad SMARTS) is 1. The number of nitrogens with zero attached hydrogens (tertiary/aromatic N) is 2. The lowest BCUT2D eigenvalue weighted by Gasteiger charge is -2.34. The number of carboxylic acids is 1. The molecule has 0 aliphatic carbocycles. The molecule has 1 aromatic heterocycles. The van der Waals surface area contributed by atoms with Crippen molar-refractivity contribution in [1.29, 1.82) is 0 Å². The summed E-state index contributed by atoms with van der Waals surface area (Å²) in [4.78, 5) is 17.5. The first-order valence-corrected chi connectivity index (χ1v) is 6.18. The van der Waals surface area contributed by atoms with Gasteiger partial charge in [-0.3, -0.25) is 0 Å². The van der Waals surface area contributed by atoms with Crippen molar-refractivity contribution in [3.8, 4) is 0 Å². The van der Waals surface area contributed by atoms with E-state index in [1.807, 2.05) is 35.2 Å². The lowest BCUT2D eigenvalue weighted by molar-refractivity contribution is -0.141. The zero-order valence-electron chi connectivity index (χ0n) is 10.3. The average molecular weight is 258 g/mol. The van der Waals surface area contributed by atoms with Gasteiger partial charge in [0.15, 0.2) is 6.04 Å². The molecule has 1 aliphatic rings. The number of anilines is 1. The fourth-order valence-corrected chi connectivity index (χ4v) is 2.39. The van der Waals surface area contributed by atoms with Gasteiger partial charge in [-0.1, -0.05) is 24.3 Å². The molecule has 5 heteroatoms. The highest BCUT2D eigenvalue weighted by molar-refractivity contribution is 5.93. The Balaban J connectivity index is 2.09. The summed E-state index contributed by atoms with van der Waals surface area (Å²) >= 11 is 0. The van der Waals surface area contributed by atoms with Gasteiger partial charge in [0.1, 0.15) is 5.82 Å². The molecular formula is C14H14N2O3. The number of pyridine rings is 1. The van der Waals surface area contributed by atoms with Crippen molar-refractivity contribution in [1.82, 2.24) is 4.98 Å². The number of hydrogen-bond donors (Lipinski definition) is 1. The van der Waals surface area contributed by atoms with Crippen LogP contribution in [0.2, 0.25) is 0 Å². The zero-order valence-corrected chi connectivity index (χ0v) is 10.3. The predicted octanol–water partition coefficient (Wildman–Crippen LogP) is 1.52. The van der Waals surface area contributed by atoms with Gasteiger partial charge in [-0.2, -0.15) is 0 Å². The lowest BCUT2D eigenvalue weighted by Crippen LogP contribution is -2.50. The SMILES string of the molecule is O=C(O)C1COCCN1c1nccc2ccccc12. The topological polar surface area (TPSA) is 62.7 Å². The molecule has 19 heavy (non-hydrogen) atoms. The fourth-order valence-electron chi connectivity index (χ4n) is 2.39. The van der Waals surface area contributed by atoms with Crippen molar-refractivity contribution >= 4 is 22.6 Å². The van der Waals surface area contributed by atoms with Gasteiger partial charge >= 0.3 is 5.97 Å². The van der Waals surface area contributed by atoms with Crippen molar-refractivity contribution in [3.05, 3.63) is 36.5 Å². The highest BCUT2D eigenvalue weighted by Crippen LogP contribution is 2.26. The number of carbonyl (C=O) groups is 1. The maximum absolute atomic E-state index is 11.3. The fraction of sp³-hybridized carbons (Fsp3) is 0.286. The van der Waals surface area contributed by atoms with E-state index in [4.69, 9.17) is 4.74 Å². The van der Waals surface area contributed by atoms with Gasteiger partial charge in [0.25, 0.3) is 0 Å². The molecule has 0 saturated carbocycles. The van der Waals surface area contributed by atoms with Crippen molar-refractivity contribution in [2.75, 3.05) is 24.7 Å². The summed E-state index contributed by atoms with van der Waals surface area (Å²) in [6.45, 7) is 1.26. The van der Waals surface area contributed by atoms with Crippen LogP contribution in [0.5, 0.6) is 0 Å². The summed E-state index contributed by atoms with van der Waals surface area (Å²) in [7, 11) is 0. The molecule has 1 atom stereocenters. The summed E-state index contributed by atoms with van der Waals surface area (Å²) < 4.78 is 5.26. The third kappa shape index (κ3) is 2.13. The number of fused-ring (bicyclic) bond motifs is 1. The van der Waals surface area contributed by atoms with Crippen molar-refractivity contribution < 1.29 is 14.6 Å². The first-order valence-electron chi connectivity index (χ1n) is 6.18. The quantitative estimate of drug-likeness (QED) is 0.885. The number of rotatable bonds is 2. The Morgan fingerprint density at radius 1 is 1.37 bits per heavy atom. The number of hydrogen-bond acceptors (Lipinski definition) is 4. The van der Waals surface area contributed by atoms with Crippen molar-refractivity contribution in [2.45, 2.75) is 6.04 Å². The summed E-state index contributed by atoms with van der Waals surface area (Å²) in [6.07, 6.45) is 1.71. The van der Waals surface area contributed by atoms with E-state index in [1.165, 1.54) is 0 Å². The first-order chi connectivity index (χ1) is 9.27. The molecule has 1 aliphatic heterocycles. The molecule has 0 amide bonds. The molecule has 2 heterocycles. The van der Waals surface area contributed by atoms with Crippen LogP contribution in [0.1, 0.15) is 0 Å². The van der Waals surface area contributed by atoms with E-state index in [9.17, 15) is 9.90 Å². The lowest BCUT2D eigenvalue weighted by atomic mass is 10.1. The third-order valence-electron chi connectivity index (χ3n) is 3.34. The van der Waals surface area contributed by atoms with E-state index in [1.54, 1.807) is 6.20 Å². The molecule has 98 valence electrons. The molecule has 0 radical (unpaired) electrons. The number of aliphatic carboxylic acids is 1. The molecule has 1 aromatic carbocycles. The second kappa shape index (κ2) is 4.85. The van der Waals surface area contributed by atoms with Crippen LogP contribution in [0, 0.1) is 0 Å². The van der Waals surface area contributed by atoms with E-state index < -0.39 is 12.0 Å². The highest BCUT2D eigenvalue weighted by Gasteiger charge is 2.30. The van der Waals surface area contributed by atoms with Gasteiger partial charge in [0.2, 0.25) is 0 Å². The monoisotopic (exact) mass is 258 g/mol. The molecule has 3 rings (SSSR count). The van der Waals surface area contributed by atoms with E-state index in [2.05, 4.69) is 4.98 Å². The minimum absolute atomic E-state index is 0.195. The second-order valence-corrected chi connectivity index (χ2v) is 4.48. The summed E-state index contributed by atoms with van der Waals surface area (Å²) in [6, 6.07) is 9.11. The smallest absolute Gasteiger partial charge is 0.328 e. The molecule has 1 saturated heterocycles. The van der Waals surface area contributed by atoms with Gasteiger partial charge < -0.3 is 14.7 Å². The molecule has 2 aromatic rings. The van der Waals surface area contributed by atoms with Crippen LogP contribution in [0.4, 0.5) is 5.82 Å². The molecule has 1 fully saturated rings. The largest absolute Gasteiger partial charge is 0.480 e. The number of ether oxygens (including phenoxy) is 1. The predicted molar refractivity (Wildman–Crippen MR) is 71.3 cm³/mol. The van der Waals surface area contributed by atoms with Crippen LogP contribution in [-0.2, 0) is 9.53 Å². The Morgan fingerprint density at radius 2 is 2.21 bits per heavy atom. The number of morpholine rings is 1. The van der Waals surface area contributed by atoms with Crippen LogP contribution in [0.25, 0.3) is 10.8 Å². The summed E-state index contributed by atoms with van der Waals surface area (Å²) in [5, 5.41) is 11.3. The standard InChI is InChI=1S/C14H14N2O3/c17-14(18)12-9-19-8-7-16(12)13-11-4-2-1-3-10(11)5-6-15-13/h1-6,12H,7-9H2,(H,17,18). The Kier molecular flexibility index (Phi) is 3.05. The molecule has 1 unspecified atom stereocenters. The molecule has 5 nitrogen and oxygen atoms in total. The van der Waals surface area contributed by atoms with Crippen molar-refractivity contribution in [2.24, 2.45) is 0 Å². The van der Waals surface area contributed by atoms with Crippen LogP contribution < -0.4 is 4.90 Å². The number of aromatic nitrogens is 1. The van der Waals surface area contributed by atoms with Crippen LogP contribution >= 0.6 is 0 Å². The van der Waals surface area contributed by atoms with Crippen LogP contribution in [-0.4, -0.2) is 41.9 Å². The van der Waals surface area contributed by atoms with Gasteiger partial charge in [0.05, 0.1) is 13.2 Å². The van der Waals surface area contributed by atoms with E-state index >= 15 is 0 Å². The average Bonchev–Trinajstić information content (AvgIpc) is 2.46. The normalized spacial score (nSPS) is 19.6. The van der Waals surface area contributed by atoms with Gasteiger partial charge in [-0.15, -0.1) is 0 Å². The Labute approximate surface area is 110 Å². The molecule has 1 N–H and O–H groups in total. The first kappa shape index (κ1) is 11.9. The van der Waals surface area contributed by atoms with Crippen LogP contribution in [0.15, 0.2) is 36.5 Å². The van der Waals surface area contributed by atoms with Crippen molar-refractivity contribution in [3.63, 3.8) is 0 Å². The van der Waals surface area contributed by atoms with Gasteiger partial charge in [0, 0.05) is 18.1 Å². The van der Waals surface area contributed by atoms with Crippen LogP contribution in [0.3, 0.4) is 0 Å². The van der Waals surface area contributed by atoms with E-state index in [0.29, 0.717) is 19.0 Å².